The Morgan fingerprint density at radius 2 is 1.24 bits per heavy atom. The maximum absolute atomic E-state index is 13.5. The van der Waals surface area contributed by atoms with Gasteiger partial charge in [0, 0.05) is 18.3 Å². The van der Waals surface area contributed by atoms with Crippen LogP contribution in [-0.4, -0.2) is 35.5 Å². The maximum Gasteiger partial charge on any atom is 0.411 e. The first-order valence-corrected chi connectivity index (χ1v) is 12.1. The lowest BCUT2D eigenvalue weighted by atomic mass is 10.2. The van der Waals surface area contributed by atoms with E-state index in [0.29, 0.717) is 32.5 Å². The number of nitrogens with one attached hydrogen (secondary N) is 2. The fraction of sp³-hybridized carbons (Fsp3) is 0.375. The van der Waals surface area contributed by atoms with E-state index in [9.17, 15) is 18.6 Å². The zero-order chi connectivity index (χ0) is 25.0. The molecule has 0 fully saturated rings. The molecule has 0 aliphatic carbocycles. The van der Waals surface area contributed by atoms with Crippen molar-refractivity contribution in [1.82, 2.24) is 0 Å². The molecule has 0 saturated carbocycles. The van der Waals surface area contributed by atoms with Crippen LogP contribution >= 0.6 is 0 Å². The molecule has 9 nitrogen and oxygen atoms in total. The van der Waals surface area contributed by atoms with Crippen molar-refractivity contribution < 1.29 is 28.1 Å². The van der Waals surface area contributed by atoms with Gasteiger partial charge in [0.1, 0.15) is 0 Å². The molecule has 34 heavy (non-hydrogen) atoms. The predicted octanol–water partition coefficient (Wildman–Crippen LogP) is 5.26. The van der Waals surface area contributed by atoms with Gasteiger partial charge in [0.05, 0.1) is 45.2 Å². The van der Waals surface area contributed by atoms with Crippen LogP contribution in [0.4, 0.5) is 32.3 Å². The van der Waals surface area contributed by atoms with Crippen LogP contribution in [0.25, 0.3) is 0 Å². The van der Waals surface area contributed by atoms with E-state index in [2.05, 4.69) is 10.6 Å². The second-order valence-corrected chi connectivity index (χ2v) is 10.1. The third kappa shape index (κ3) is 5.93. The standard InChI is InChI=1S/C24H29N3O6S/c1-14(2)12-32-23(29)25-17-6-8-19-21(10-17)34(31)22-11-18(26-24(30)33-13-15(3)4)7-9-20(22)27(19)16(5)28/h6-11,14-15H,12-13H2,1-5H3,(H,25,29)(H,26,30). The van der Waals surface area contributed by atoms with E-state index in [0.717, 1.165) is 0 Å². The average molecular weight is 488 g/mol. The zero-order valence-electron chi connectivity index (χ0n) is 19.8. The summed E-state index contributed by atoms with van der Waals surface area (Å²) < 4.78 is 23.7. The molecule has 0 saturated heterocycles. The summed E-state index contributed by atoms with van der Waals surface area (Å²) in [7, 11) is -1.68. The summed E-state index contributed by atoms with van der Waals surface area (Å²) in [5.74, 6) is 0.106. The number of rotatable bonds is 6. The van der Waals surface area contributed by atoms with E-state index in [4.69, 9.17) is 9.47 Å². The van der Waals surface area contributed by atoms with Crippen molar-refractivity contribution in [1.29, 1.82) is 0 Å². The Hall–Kier alpha value is -3.40. The first-order valence-electron chi connectivity index (χ1n) is 10.9. The largest absolute Gasteiger partial charge is 0.449 e. The van der Waals surface area contributed by atoms with Crippen molar-refractivity contribution in [3.8, 4) is 0 Å². The monoisotopic (exact) mass is 487 g/mol. The molecule has 0 aromatic heterocycles. The summed E-state index contributed by atoms with van der Waals surface area (Å²) in [4.78, 5) is 38.8. The lowest BCUT2D eigenvalue weighted by molar-refractivity contribution is -0.115. The smallest absolute Gasteiger partial charge is 0.411 e. The zero-order valence-corrected chi connectivity index (χ0v) is 20.7. The van der Waals surface area contributed by atoms with Gasteiger partial charge in [-0.2, -0.15) is 0 Å². The van der Waals surface area contributed by atoms with Crippen molar-refractivity contribution in [3.63, 3.8) is 0 Å². The molecule has 0 atom stereocenters. The van der Waals surface area contributed by atoms with Crippen LogP contribution in [-0.2, 0) is 25.1 Å². The molecule has 0 bridgehead atoms. The third-order valence-electron chi connectivity index (χ3n) is 4.70. The highest BCUT2D eigenvalue weighted by atomic mass is 32.2. The fourth-order valence-corrected chi connectivity index (χ4v) is 4.63. The molecule has 0 radical (unpaired) electrons. The van der Waals surface area contributed by atoms with Gasteiger partial charge in [-0.1, -0.05) is 27.7 Å². The third-order valence-corrected chi connectivity index (χ3v) is 6.16. The second kappa shape index (κ2) is 10.7. The van der Waals surface area contributed by atoms with Crippen LogP contribution in [0.15, 0.2) is 46.2 Å². The van der Waals surface area contributed by atoms with Crippen LogP contribution in [0.5, 0.6) is 0 Å². The Balaban J connectivity index is 1.89. The van der Waals surface area contributed by atoms with Gasteiger partial charge in [-0.3, -0.25) is 20.3 Å². The predicted molar refractivity (Wildman–Crippen MR) is 130 cm³/mol. The first kappa shape index (κ1) is 25.2. The van der Waals surface area contributed by atoms with E-state index < -0.39 is 23.0 Å². The van der Waals surface area contributed by atoms with E-state index in [1.165, 1.54) is 11.8 Å². The minimum atomic E-state index is -1.68. The topological polar surface area (TPSA) is 114 Å². The van der Waals surface area contributed by atoms with Crippen molar-refractivity contribution in [3.05, 3.63) is 36.4 Å². The molecule has 0 unspecified atom stereocenters. The number of nitrogens with zero attached hydrogens (tertiary/aromatic N) is 1. The van der Waals surface area contributed by atoms with Crippen LogP contribution in [0.2, 0.25) is 0 Å². The van der Waals surface area contributed by atoms with Gasteiger partial charge in [-0.25, -0.2) is 13.8 Å². The van der Waals surface area contributed by atoms with Gasteiger partial charge in [-0.05, 0) is 48.2 Å². The highest BCUT2D eigenvalue weighted by Crippen LogP contribution is 2.44. The Morgan fingerprint density at radius 3 is 1.59 bits per heavy atom. The van der Waals surface area contributed by atoms with Crippen LogP contribution in [0.3, 0.4) is 0 Å². The molecule has 3 rings (SSSR count). The van der Waals surface area contributed by atoms with Crippen molar-refractivity contribution in [2.75, 3.05) is 28.7 Å². The van der Waals surface area contributed by atoms with E-state index in [-0.39, 0.29) is 31.0 Å². The number of ether oxygens (including phenoxy) is 2. The molecule has 2 aromatic carbocycles. The highest BCUT2D eigenvalue weighted by molar-refractivity contribution is 7.85. The van der Waals surface area contributed by atoms with E-state index in [1.807, 2.05) is 27.7 Å². The Morgan fingerprint density at radius 1 is 0.824 bits per heavy atom. The molecule has 1 aliphatic rings. The van der Waals surface area contributed by atoms with Crippen LogP contribution < -0.4 is 15.5 Å². The number of hydrogen-bond donors (Lipinski definition) is 2. The van der Waals surface area contributed by atoms with Gasteiger partial charge in [0.15, 0.2) is 0 Å². The van der Waals surface area contributed by atoms with Crippen LogP contribution in [0.1, 0.15) is 34.6 Å². The first-order chi connectivity index (χ1) is 16.1. The Labute approximate surface area is 201 Å². The molecular formula is C24H29N3O6S. The van der Waals surface area contributed by atoms with Crippen molar-refractivity contribution >= 4 is 51.6 Å². The molecule has 1 aliphatic heterocycles. The van der Waals surface area contributed by atoms with Gasteiger partial charge in [0.25, 0.3) is 0 Å². The molecule has 1 heterocycles. The summed E-state index contributed by atoms with van der Waals surface area (Å²) in [5.41, 5.74) is 1.69. The maximum atomic E-state index is 13.5. The average Bonchev–Trinajstić information content (AvgIpc) is 2.77. The number of hydrogen-bond acceptors (Lipinski definition) is 6. The summed E-state index contributed by atoms with van der Waals surface area (Å²) in [6.45, 7) is 9.65. The number of fused-ring (bicyclic) bond motifs is 2. The normalized spacial score (nSPS) is 12.7. The lowest BCUT2D eigenvalue weighted by Gasteiger charge is -2.30. The molecule has 0 spiro atoms. The van der Waals surface area contributed by atoms with Gasteiger partial charge in [-0.15, -0.1) is 0 Å². The SMILES string of the molecule is CC(=O)N1c2ccc(NC(=O)OCC(C)C)cc2S(=O)c2cc(NC(=O)OCC(C)C)ccc21. The molecule has 10 heteroatoms. The highest BCUT2D eigenvalue weighted by Gasteiger charge is 2.31. The fourth-order valence-electron chi connectivity index (χ4n) is 3.23. The van der Waals surface area contributed by atoms with Gasteiger partial charge < -0.3 is 9.47 Å². The number of carbonyl (C=O) groups is 3. The minimum Gasteiger partial charge on any atom is -0.449 e. The van der Waals surface area contributed by atoms with E-state index >= 15 is 0 Å². The summed E-state index contributed by atoms with van der Waals surface area (Å²) in [6.07, 6.45) is -1.24. The van der Waals surface area contributed by atoms with Crippen molar-refractivity contribution in [2.24, 2.45) is 11.8 Å². The lowest BCUT2D eigenvalue weighted by Crippen LogP contribution is -2.28. The Kier molecular flexibility index (Phi) is 7.93. The van der Waals surface area contributed by atoms with Gasteiger partial charge in [0.2, 0.25) is 5.91 Å². The quantitative estimate of drug-likeness (QED) is 0.574. The molecule has 2 N–H and O–H groups in total. The number of anilines is 4. The van der Waals surface area contributed by atoms with Crippen LogP contribution in [0, 0.1) is 11.8 Å². The molecule has 182 valence electrons. The van der Waals surface area contributed by atoms with Crippen molar-refractivity contribution in [2.45, 2.75) is 44.4 Å². The molecule has 3 amide bonds. The number of carbonyl (C=O) groups excluding carboxylic acids is 3. The minimum absolute atomic E-state index is 0.188. The molecule has 2 aromatic rings. The Bertz CT molecular complexity index is 1050. The number of amides is 3. The summed E-state index contributed by atoms with van der Waals surface area (Å²) in [5, 5.41) is 5.25. The number of benzene rings is 2. The summed E-state index contributed by atoms with van der Waals surface area (Å²) in [6, 6.07) is 9.61. The summed E-state index contributed by atoms with van der Waals surface area (Å²) >= 11 is 0. The van der Waals surface area contributed by atoms with E-state index in [1.54, 1.807) is 36.4 Å². The van der Waals surface area contributed by atoms with Gasteiger partial charge >= 0.3 is 12.2 Å². The molecular weight excluding hydrogens is 458 g/mol. The second-order valence-electron chi connectivity index (χ2n) is 8.72.